The molecule has 2 rings (SSSR count). The normalized spacial score (nSPS) is 13.2. The van der Waals surface area contributed by atoms with E-state index in [1.807, 2.05) is 6.07 Å². The van der Waals surface area contributed by atoms with E-state index in [2.05, 4.69) is 16.6 Å². The SMILES string of the molecule is C#C[C@@](C)(Oc1ccc(C=O)cc1)[C@H](NC(=O)OCc1ccccc1)C(=O)NCC(=O)OC(C)(C)C. The predicted molar refractivity (Wildman–Crippen MR) is 132 cm³/mol. The van der Waals surface area contributed by atoms with Gasteiger partial charge in [0.25, 0.3) is 0 Å². The van der Waals surface area contributed by atoms with Crippen LogP contribution in [0.25, 0.3) is 0 Å². The van der Waals surface area contributed by atoms with Gasteiger partial charge in [-0.25, -0.2) is 4.79 Å². The maximum Gasteiger partial charge on any atom is 0.408 e. The number of benzene rings is 2. The lowest BCUT2D eigenvalue weighted by molar-refractivity contribution is -0.154. The summed E-state index contributed by atoms with van der Waals surface area (Å²) in [7, 11) is 0. The van der Waals surface area contributed by atoms with Crippen molar-refractivity contribution in [2.24, 2.45) is 0 Å². The fourth-order valence-electron chi connectivity index (χ4n) is 3.01. The van der Waals surface area contributed by atoms with Gasteiger partial charge in [-0.15, -0.1) is 6.42 Å². The van der Waals surface area contributed by atoms with Crippen molar-refractivity contribution in [2.75, 3.05) is 6.54 Å². The highest BCUT2D eigenvalue weighted by atomic mass is 16.6. The number of amides is 2. The molecule has 2 aromatic rings. The van der Waals surface area contributed by atoms with Gasteiger partial charge in [0.15, 0.2) is 11.6 Å². The van der Waals surface area contributed by atoms with Gasteiger partial charge >= 0.3 is 12.1 Å². The summed E-state index contributed by atoms with van der Waals surface area (Å²) in [5.74, 6) is 1.20. The number of carbonyl (C=O) groups is 4. The molecular formula is C27H30N2O7. The van der Waals surface area contributed by atoms with Crippen molar-refractivity contribution in [1.82, 2.24) is 10.6 Å². The number of alkyl carbamates (subject to hydrolysis) is 1. The van der Waals surface area contributed by atoms with Gasteiger partial charge in [0, 0.05) is 5.56 Å². The van der Waals surface area contributed by atoms with Crippen LogP contribution in [0.15, 0.2) is 54.6 Å². The highest BCUT2D eigenvalue weighted by Gasteiger charge is 2.42. The van der Waals surface area contributed by atoms with Crippen LogP contribution in [-0.2, 0) is 25.7 Å². The summed E-state index contributed by atoms with van der Waals surface area (Å²) in [5.41, 5.74) is -1.29. The molecule has 0 heterocycles. The number of hydrogen-bond acceptors (Lipinski definition) is 7. The summed E-state index contributed by atoms with van der Waals surface area (Å²) < 4.78 is 16.3. The van der Waals surface area contributed by atoms with Gasteiger partial charge in [-0.05, 0) is 57.5 Å². The fraction of sp³-hybridized carbons (Fsp3) is 0.333. The topological polar surface area (TPSA) is 120 Å². The first-order valence-electron chi connectivity index (χ1n) is 11.1. The van der Waals surface area contributed by atoms with E-state index in [4.69, 9.17) is 20.6 Å². The minimum atomic E-state index is -1.70. The van der Waals surface area contributed by atoms with E-state index in [0.717, 1.165) is 5.56 Å². The van der Waals surface area contributed by atoms with Gasteiger partial charge in [0.05, 0.1) is 0 Å². The Morgan fingerprint density at radius 2 is 1.67 bits per heavy atom. The smallest absolute Gasteiger partial charge is 0.408 e. The molecule has 0 aliphatic rings. The van der Waals surface area contributed by atoms with Crippen LogP contribution in [0.3, 0.4) is 0 Å². The van der Waals surface area contributed by atoms with Crippen molar-refractivity contribution in [3.05, 3.63) is 65.7 Å². The van der Waals surface area contributed by atoms with Gasteiger partial charge < -0.3 is 24.8 Å². The van der Waals surface area contributed by atoms with Gasteiger partial charge in [0.1, 0.15) is 30.8 Å². The molecule has 0 aliphatic carbocycles. The predicted octanol–water partition coefficient (Wildman–Crippen LogP) is 3.02. The maximum absolute atomic E-state index is 13.1. The first-order chi connectivity index (χ1) is 17.0. The molecule has 2 atom stereocenters. The number of nitrogens with one attached hydrogen (secondary N) is 2. The molecule has 190 valence electrons. The Morgan fingerprint density at radius 1 is 1.03 bits per heavy atom. The molecule has 9 nitrogen and oxygen atoms in total. The van der Waals surface area contributed by atoms with Crippen molar-refractivity contribution in [2.45, 2.75) is 51.5 Å². The van der Waals surface area contributed by atoms with Crippen LogP contribution in [0.1, 0.15) is 43.6 Å². The van der Waals surface area contributed by atoms with Crippen LogP contribution in [0, 0.1) is 12.3 Å². The molecule has 0 bridgehead atoms. The van der Waals surface area contributed by atoms with E-state index >= 15 is 0 Å². The second kappa shape index (κ2) is 12.4. The van der Waals surface area contributed by atoms with E-state index in [9.17, 15) is 19.2 Å². The molecule has 9 heteroatoms. The summed E-state index contributed by atoms with van der Waals surface area (Å²) in [6.07, 6.45) is 5.48. The molecule has 0 fully saturated rings. The van der Waals surface area contributed by atoms with Crippen LogP contribution in [0.4, 0.5) is 4.79 Å². The molecule has 0 radical (unpaired) electrons. The van der Waals surface area contributed by atoms with E-state index in [-0.39, 0.29) is 12.4 Å². The van der Waals surface area contributed by atoms with Crippen LogP contribution < -0.4 is 15.4 Å². The first-order valence-corrected chi connectivity index (χ1v) is 11.1. The Hall–Kier alpha value is -4.32. The summed E-state index contributed by atoms with van der Waals surface area (Å²) in [4.78, 5) is 48.7. The summed E-state index contributed by atoms with van der Waals surface area (Å²) in [6, 6.07) is 13.5. The third kappa shape index (κ3) is 8.80. The van der Waals surface area contributed by atoms with Crippen molar-refractivity contribution in [3.8, 4) is 18.1 Å². The van der Waals surface area contributed by atoms with Crippen LogP contribution in [0.2, 0.25) is 0 Å². The third-order valence-electron chi connectivity index (χ3n) is 4.75. The Bertz CT molecular complexity index is 1100. The van der Waals surface area contributed by atoms with Gasteiger partial charge in [-0.1, -0.05) is 36.3 Å². The highest BCUT2D eigenvalue weighted by molar-refractivity contribution is 5.90. The fourth-order valence-corrected chi connectivity index (χ4v) is 3.01. The average Bonchev–Trinajstić information content (AvgIpc) is 2.84. The number of esters is 1. The van der Waals surface area contributed by atoms with E-state index in [1.54, 1.807) is 45.0 Å². The monoisotopic (exact) mass is 494 g/mol. The van der Waals surface area contributed by atoms with Crippen LogP contribution in [-0.4, -0.2) is 48.0 Å². The number of hydrogen-bond donors (Lipinski definition) is 2. The zero-order valence-electron chi connectivity index (χ0n) is 20.7. The number of carbonyl (C=O) groups excluding carboxylic acids is 4. The zero-order valence-corrected chi connectivity index (χ0v) is 20.7. The number of ether oxygens (including phenoxy) is 3. The van der Waals surface area contributed by atoms with Crippen molar-refractivity contribution in [1.29, 1.82) is 0 Å². The van der Waals surface area contributed by atoms with Crippen molar-refractivity contribution < 1.29 is 33.4 Å². The number of terminal acetylenes is 1. The molecule has 0 spiro atoms. The third-order valence-corrected chi connectivity index (χ3v) is 4.75. The Labute approximate surface area is 210 Å². The second-order valence-corrected chi connectivity index (χ2v) is 8.98. The van der Waals surface area contributed by atoms with Crippen LogP contribution in [0.5, 0.6) is 5.75 Å². The van der Waals surface area contributed by atoms with E-state index in [1.165, 1.54) is 31.2 Å². The molecular weight excluding hydrogens is 464 g/mol. The number of rotatable bonds is 10. The number of aldehydes is 1. The average molecular weight is 495 g/mol. The van der Waals surface area contributed by atoms with Gasteiger partial charge in [-0.2, -0.15) is 0 Å². The minimum absolute atomic E-state index is 0.0420. The Balaban J connectivity index is 2.21. The maximum atomic E-state index is 13.1. The lowest BCUT2D eigenvalue weighted by Crippen LogP contribution is -2.61. The van der Waals surface area contributed by atoms with E-state index < -0.39 is 41.8 Å². The molecule has 0 aliphatic heterocycles. The molecule has 0 saturated heterocycles. The first kappa shape index (κ1) is 27.9. The minimum Gasteiger partial charge on any atom is -0.472 e. The van der Waals surface area contributed by atoms with E-state index in [0.29, 0.717) is 11.8 Å². The van der Waals surface area contributed by atoms with Crippen molar-refractivity contribution >= 4 is 24.3 Å². The molecule has 0 unspecified atom stereocenters. The Morgan fingerprint density at radius 3 is 2.22 bits per heavy atom. The van der Waals surface area contributed by atoms with Gasteiger partial charge in [-0.3, -0.25) is 14.4 Å². The molecule has 2 aromatic carbocycles. The largest absolute Gasteiger partial charge is 0.472 e. The zero-order chi connectivity index (χ0) is 26.8. The van der Waals surface area contributed by atoms with Gasteiger partial charge in [0.2, 0.25) is 5.91 Å². The lowest BCUT2D eigenvalue weighted by atomic mass is 9.95. The standard InChI is InChI=1S/C27H30N2O7/c1-6-27(5,35-21-14-12-19(17-30)13-15-21)23(24(32)28-16-22(31)36-26(2,3)4)29-25(33)34-18-20-10-8-7-9-11-20/h1,7-15,17,23H,16,18H2,2-5H3,(H,28,32)(H,29,33)/t23-,27-/m1/s1. The highest BCUT2D eigenvalue weighted by Crippen LogP contribution is 2.22. The lowest BCUT2D eigenvalue weighted by Gasteiger charge is -2.33. The molecule has 2 N–H and O–H groups in total. The molecule has 0 saturated carbocycles. The molecule has 0 aromatic heterocycles. The van der Waals surface area contributed by atoms with Crippen LogP contribution >= 0.6 is 0 Å². The molecule has 2 amide bonds. The Kier molecular flexibility index (Phi) is 9.62. The summed E-state index contributed by atoms with van der Waals surface area (Å²) in [6.45, 7) is 6.01. The quantitative estimate of drug-likeness (QED) is 0.296. The second-order valence-electron chi connectivity index (χ2n) is 8.98. The summed E-state index contributed by atoms with van der Waals surface area (Å²) >= 11 is 0. The van der Waals surface area contributed by atoms with Crippen molar-refractivity contribution in [3.63, 3.8) is 0 Å². The molecule has 36 heavy (non-hydrogen) atoms. The summed E-state index contributed by atoms with van der Waals surface area (Å²) in [5, 5.41) is 4.87.